The second-order valence-electron chi connectivity index (χ2n) is 8.87. The van der Waals surface area contributed by atoms with E-state index >= 15 is 0 Å². The molecule has 2 aliphatic rings. The first-order valence-corrected chi connectivity index (χ1v) is 11.3. The molecule has 1 spiro atoms. The molecule has 2 aromatic heterocycles. The van der Waals surface area contributed by atoms with Crippen LogP contribution in [0.1, 0.15) is 49.7 Å². The summed E-state index contributed by atoms with van der Waals surface area (Å²) in [4.78, 5) is 3.71. The van der Waals surface area contributed by atoms with E-state index in [1.807, 2.05) is 6.20 Å². The molecule has 3 atom stereocenters. The van der Waals surface area contributed by atoms with Crippen LogP contribution in [0, 0.1) is 0 Å². The Morgan fingerprint density at radius 3 is 3.00 bits per heavy atom. The van der Waals surface area contributed by atoms with Gasteiger partial charge in [-0.15, -0.1) is 16.4 Å². The normalized spacial score (nSPS) is 26.6. The number of rotatable bonds is 5. The maximum absolute atomic E-state index is 10.1. The number of fused-ring (bicyclic) bond motifs is 2. The number of hydrogen-bond acceptors (Lipinski definition) is 7. The van der Waals surface area contributed by atoms with Gasteiger partial charge in [0, 0.05) is 30.2 Å². The third-order valence-corrected chi connectivity index (χ3v) is 7.61. The monoisotopic (exact) mass is 440 g/mol. The SMILES string of the molecule is C[C@H]1C[C@@]2(CCN1Cc1cn(CC(O)C(C)(C)O)nn1)OCCc1cc(Cl)sc12. The Balaban J connectivity index is 1.41. The first kappa shape index (κ1) is 21.2. The van der Waals surface area contributed by atoms with E-state index in [9.17, 15) is 10.2 Å². The van der Waals surface area contributed by atoms with Crippen LogP contribution in [0.15, 0.2) is 12.3 Å². The van der Waals surface area contributed by atoms with Gasteiger partial charge in [-0.25, -0.2) is 4.68 Å². The molecule has 0 bridgehead atoms. The van der Waals surface area contributed by atoms with E-state index in [4.69, 9.17) is 16.3 Å². The summed E-state index contributed by atoms with van der Waals surface area (Å²) in [5.74, 6) is 0. The molecule has 2 N–H and O–H groups in total. The number of ether oxygens (including phenoxy) is 1. The second kappa shape index (κ2) is 7.90. The highest BCUT2D eigenvalue weighted by atomic mass is 35.5. The van der Waals surface area contributed by atoms with Gasteiger partial charge >= 0.3 is 0 Å². The lowest BCUT2D eigenvalue weighted by molar-refractivity contribution is -0.110. The summed E-state index contributed by atoms with van der Waals surface area (Å²) in [7, 11) is 0. The minimum absolute atomic E-state index is 0.213. The number of aromatic nitrogens is 3. The van der Waals surface area contributed by atoms with Crippen molar-refractivity contribution in [1.82, 2.24) is 19.9 Å². The Morgan fingerprint density at radius 1 is 1.48 bits per heavy atom. The molecule has 0 amide bonds. The van der Waals surface area contributed by atoms with Crippen molar-refractivity contribution < 1.29 is 14.9 Å². The van der Waals surface area contributed by atoms with Crippen LogP contribution >= 0.6 is 22.9 Å². The number of halogens is 1. The summed E-state index contributed by atoms with van der Waals surface area (Å²) in [5, 5.41) is 28.3. The lowest BCUT2D eigenvalue weighted by Crippen LogP contribution is -2.50. The Labute approximate surface area is 180 Å². The molecule has 1 saturated heterocycles. The van der Waals surface area contributed by atoms with Gasteiger partial charge in [-0.05, 0) is 51.7 Å². The molecule has 9 heteroatoms. The Morgan fingerprint density at radius 2 is 2.28 bits per heavy atom. The van der Waals surface area contributed by atoms with Crippen LogP contribution in [-0.4, -0.2) is 61.0 Å². The lowest BCUT2D eigenvalue weighted by Gasteiger charge is -2.46. The largest absolute Gasteiger partial charge is 0.388 e. The van der Waals surface area contributed by atoms with E-state index in [-0.39, 0.29) is 12.1 Å². The predicted octanol–water partition coefficient (Wildman–Crippen LogP) is 2.58. The highest BCUT2D eigenvalue weighted by molar-refractivity contribution is 7.16. The minimum atomic E-state index is -1.18. The van der Waals surface area contributed by atoms with E-state index in [0.717, 1.165) is 42.4 Å². The van der Waals surface area contributed by atoms with Crippen LogP contribution in [0.5, 0.6) is 0 Å². The summed E-state index contributed by atoms with van der Waals surface area (Å²) >= 11 is 7.96. The third-order valence-electron chi connectivity index (χ3n) is 6.12. The van der Waals surface area contributed by atoms with Gasteiger partial charge in [0.2, 0.25) is 0 Å². The van der Waals surface area contributed by atoms with Gasteiger partial charge in [-0.3, -0.25) is 4.90 Å². The number of piperidine rings is 1. The molecule has 2 aromatic rings. The number of aliphatic hydroxyl groups excluding tert-OH is 1. The zero-order valence-electron chi connectivity index (χ0n) is 17.1. The smallest absolute Gasteiger partial charge is 0.105 e. The predicted molar refractivity (Wildman–Crippen MR) is 112 cm³/mol. The Hall–Kier alpha value is -1.03. The van der Waals surface area contributed by atoms with E-state index < -0.39 is 11.7 Å². The van der Waals surface area contributed by atoms with Gasteiger partial charge < -0.3 is 14.9 Å². The molecule has 0 aliphatic carbocycles. The van der Waals surface area contributed by atoms with E-state index in [1.165, 1.54) is 10.4 Å². The molecule has 4 heterocycles. The summed E-state index contributed by atoms with van der Waals surface area (Å²) < 4.78 is 8.78. The number of thiophene rings is 1. The van der Waals surface area contributed by atoms with Gasteiger partial charge in [0.25, 0.3) is 0 Å². The van der Waals surface area contributed by atoms with E-state index in [2.05, 4.69) is 28.2 Å². The van der Waals surface area contributed by atoms with Crippen LogP contribution in [0.4, 0.5) is 0 Å². The van der Waals surface area contributed by atoms with Crippen LogP contribution in [-0.2, 0) is 29.8 Å². The molecule has 160 valence electrons. The molecule has 0 saturated carbocycles. The summed E-state index contributed by atoms with van der Waals surface area (Å²) in [6.07, 6.45) is 3.76. The van der Waals surface area contributed by atoms with Crippen LogP contribution in [0.25, 0.3) is 0 Å². The van der Waals surface area contributed by atoms with Crippen molar-refractivity contribution in [2.75, 3.05) is 13.2 Å². The van der Waals surface area contributed by atoms with Crippen LogP contribution in [0.2, 0.25) is 4.34 Å². The van der Waals surface area contributed by atoms with Crippen molar-refractivity contribution >= 4 is 22.9 Å². The molecular formula is C20H29ClN4O3S. The molecule has 2 aliphatic heterocycles. The van der Waals surface area contributed by atoms with Gasteiger partial charge in [-0.1, -0.05) is 16.8 Å². The standard InChI is InChI=1S/C20H29ClN4O3S/c1-13-9-20(18-14(4-7-28-20)8-17(21)29-18)5-6-24(13)10-15-11-25(23-22-15)12-16(26)19(2,3)27/h8,11,13,16,26-27H,4-7,9-10,12H2,1-3H3/t13-,16?,20+/m0/s1. The van der Waals surface area contributed by atoms with Gasteiger partial charge in [-0.2, -0.15) is 0 Å². The molecule has 7 nitrogen and oxygen atoms in total. The fourth-order valence-electron chi connectivity index (χ4n) is 4.32. The van der Waals surface area contributed by atoms with E-state index in [0.29, 0.717) is 12.6 Å². The van der Waals surface area contributed by atoms with Crippen molar-refractivity contribution in [3.63, 3.8) is 0 Å². The molecule has 1 unspecified atom stereocenters. The third kappa shape index (κ3) is 4.38. The fourth-order valence-corrected chi connectivity index (χ4v) is 5.80. The topological polar surface area (TPSA) is 83.6 Å². The van der Waals surface area contributed by atoms with Crippen LogP contribution < -0.4 is 0 Å². The fraction of sp³-hybridized carbons (Fsp3) is 0.700. The van der Waals surface area contributed by atoms with Gasteiger partial charge in [0.1, 0.15) is 11.7 Å². The maximum Gasteiger partial charge on any atom is 0.105 e. The maximum atomic E-state index is 10.1. The molecule has 0 radical (unpaired) electrons. The summed E-state index contributed by atoms with van der Waals surface area (Å²) in [6.45, 7) is 7.98. The lowest BCUT2D eigenvalue weighted by atomic mass is 9.82. The average molecular weight is 441 g/mol. The van der Waals surface area contributed by atoms with Crippen molar-refractivity contribution in [2.24, 2.45) is 0 Å². The van der Waals surface area contributed by atoms with Crippen molar-refractivity contribution in [3.05, 3.63) is 32.7 Å². The zero-order valence-corrected chi connectivity index (χ0v) is 18.7. The van der Waals surface area contributed by atoms with E-state index in [1.54, 1.807) is 29.9 Å². The quantitative estimate of drug-likeness (QED) is 0.743. The second-order valence-corrected chi connectivity index (χ2v) is 10.6. The summed E-state index contributed by atoms with van der Waals surface area (Å²) in [6, 6.07) is 2.44. The molecular weight excluding hydrogens is 412 g/mol. The van der Waals surface area contributed by atoms with Crippen molar-refractivity contribution in [1.29, 1.82) is 0 Å². The Kier molecular flexibility index (Phi) is 5.78. The van der Waals surface area contributed by atoms with Gasteiger partial charge in [0.15, 0.2) is 0 Å². The number of hydrogen-bond donors (Lipinski definition) is 2. The first-order chi connectivity index (χ1) is 13.7. The molecule has 29 heavy (non-hydrogen) atoms. The molecule has 0 aromatic carbocycles. The number of aliphatic hydroxyl groups is 2. The highest BCUT2D eigenvalue weighted by Gasteiger charge is 2.44. The number of likely N-dealkylation sites (tertiary alicyclic amines) is 1. The van der Waals surface area contributed by atoms with Gasteiger partial charge in [0.05, 0.1) is 28.8 Å². The average Bonchev–Trinajstić information content (AvgIpc) is 3.23. The Bertz CT molecular complexity index is 864. The first-order valence-electron chi connectivity index (χ1n) is 10.1. The number of nitrogens with zero attached hydrogens (tertiary/aromatic N) is 4. The molecule has 1 fully saturated rings. The van der Waals surface area contributed by atoms with Crippen molar-refractivity contribution in [3.8, 4) is 0 Å². The zero-order chi connectivity index (χ0) is 20.8. The molecule has 4 rings (SSSR count). The van der Waals surface area contributed by atoms with Crippen LogP contribution in [0.3, 0.4) is 0 Å². The summed E-state index contributed by atoms with van der Waals surface area (Å²) in [5.41, 5.74) is 0.821. The minimum Gasteiger partial charge on any atom is -0.388 e. The van der Waals surface area contributed by atoms with Crippen molar-refractivity contribution in [2.45, 2.75) is 76.5 Å². The highest BCUT2D eigenvalue weighted by Crippen LogP contribution is 2.48.